The van der Waals surface area contributed by atoms with Crippen LogP contribution in [0, 0.1) is 0 Å². The van der Waals surface area contributed by atoms with Gasteiger partial charge in [-0.25, -0.2) is 11.9 Å². The van der Waals surface area contributed by atoms with Gasteiger partial charge in [-0.05, 0) is 19.3 Å². The maximum absolute atomic E-state index is 11.5. The molecule has 66 valence electrons. The Labute approximate surface area is 97.4 Å². The predicted octanol–water partition coefficient (Wildman–Crippen LogP) is -0.316. The molecule has 2 nitrogen and oxygen atoms in total. The number of rotatable bonds is 0. The van der Waals surface area contributed by atoms with E-state index in [0.29, 0.717) is 0 Å². The molecular weight excluding hydrogens is 197 g/mol. The third kappa shape index (κ3) is 2.66. The number of allylic oxidation sites excluding steroid dienone is 2. The molecule has 0 spiro atoms. The number of hydrogen-bond acceptors (Lipinski definition) is 2. The standard InChI is InChI=1S/C8H10NOS2.Li/c10-12-6-2-1-3-8(12)7-4-5-9-11-7;/h4-5H,1-3,6H2;/q-1;+1/b8-7-;. The maximum Gasteiger partial charge on any atom is 1.00 e. The molecule has 0 bridgehead atoms. The van der Waals surface area contributed by atoms with Crippen molar-refractivity contribution < 1.29 is 23.1 Å². The largest absolute Gasteiger partial charge is 1.00 e. The zero-order valence-electron chi connectivity index (χ0n) is 7.66. The Morgan fingerprint density at radius 3 is 2.92 bits per heavy atom. The fourth-order valence-corrected chi connectivity index (χ4v) is 3.68. The van der Waals surface area contributed by atoms with Crippen LogP contribution < -0.4 is 18.9 Å². The summed E-state index contributed by atoms with van der Waals surface area (Å²) in [5, 5.41) is 0. The van der Waals surface area contributed by atoms with Crippen LogP contribution in [0.5, 0.6) is 0 Å². The molecule has 1 unspecified atom stereocenters. The van der Waals surface area contributed by atoms with Gasteiger partial charge in [-0.15, -0.1) is 0 Å². The van der Waals surface area contributed by atoms with Crippen molar-refractivity contribution in [1.29, 1.82) is 0 Å². The summed E-state index contributed by atoms with van der Waals surface area (Å²) in [4.78, 5) is 2.23. The van der Waals surface area contributed by atoms with Crippen LogP contribution in [-0.2, 0) is 10.8 Å². The van der Waals surface area contributed by atoms with Gasteiger partial charge in [-0.2, -0.15) is 6.20 Å². The topological polar surface area (TPSA) is 31.2 Å². The van der Waals surface area contributed by atoms with E-state index >= 15 is 0 Å². The van der Waals surface area contributed by atoms with Crippen LogP contribution >= 0.6 is 11.9 Å². The summed E-state index contributed by atoms with van der Waals surface area (Å²) in [7, 11) is -0.720. The van der Waals surface area contributed by atoms with Crippen LogP contribution in [0.1, 0.15) is 19.3 Å². The maximum atomic E-state index is 11.5. The molecule has 0 radical (unpaired) electrons. The fraction of sp³-hybridized carbons (Fsp3) is 0.500. The summed E-state index contributed by atoms with van der Waals surface area (Å²) in [5.74, 6) is 0.841. The minimum absolute atomic E-state index is 0. The molecule has 2 aliphatic rings. The van der Waals surface area contributed by atoms with Crippen LogP contribution in [-0.4, -0.2) is 9.96 Å². The van der Waals surface area contributed by atoms with Gasteiger partial charge in [0.05, 0.1) is 0 Å². The van der Waals surface area contributed by atoms with E-state index in [9.17, 15) is 4.21 Å². The smallest absolute Gasteiger partial charge is 0.633 e. The minimum Gasteiger partial charge on any atom is -0.633 e. The van der Waals surface area contributed by atoms with Gasteiger partial charge in [0.15, 0.2) is 0 Å². The van der Waals surface area contributed by atoms with Crippen molar-refractivity contribution in [3.63, 3.8) is 0 Å². The Kier molecular flexibility index (Phi) is 4.67. The summed E-state index contributed by atoms with van der Waals surface area (Å²) >= 11 is 1.45. The van der Waals surface area contributed by atoms with Gasteiger partial charge in [0.25, 0.3) is 0 Å². The van der Waals surface area contributed by atoms with Gasteiger partial charge in [0.1, 0.15) is 0 Å². The molecule has 13 heavy (non-hydrogen) atoms. The van der Waals surface area contributed by atoms with E-state index in [0.717, 1.165) is 28.4 Å². The van der Waals surface area contributed by atoms with Gasteiger partial charge in [-0.1, -0.05) is 6.08 Å². The van der Waals surface area contributed by atoms with Crippen LogP contribution in [0.25, 0.3) is 4.72 Å². The monoisotopic (exact) mass is 207 g/mol. The molecular formula is C8H10LiNOS2. The molecule has 0 aromatic rings. The van der Waals surface area contributed by atoms with Crippen molar-refractivity contribution in [3.05, 3.63) is 26.8 Å². The molecule has 1 fully saturated rings. The first-order chi connectivity index (χ1) is 5.88. The predicted molar refractivity (Wildman–Crippen MR) is 54.0 cm³/mol. The molecule has 2 rings (SSSR count). The average molecular weight is 207 g/mol. The summed E-state index contributed by atoms with van der Waals surface area (Å²) in [5.41, 5.74) is 0. The first-order valence-electron chi connectivity index (χ1n) is 4.03. The third-order valence-corrected chi connectivity index (χ3v) is 4.54. The minimum atomic E-state index is -0.720. The average Bonchev–Trinajstić information content (AvgIpc) is 2.57. The van der Waals surface area contributed by atoms with E-state index < -0.39 is 10.8 Å². The molecule has 1 atom stereocenters. The molecule has 5 heteroatoms. The molecule has 0 aromatic carbocycles. The van der Waals surface area contributed by atoms with Crippen molar-refractivity contribution in [1.82, 2.24) is 0 Å². The fourth-order valence-electron chi connectivity index (χ4n) is 1.35. The molecule has 0 aliphatic carbocycles. The van der Waals surface area contributed by atoms with Gasteiger partial charge in [-0.3, -0.25) is 4.21 Å². The third-order valence-electron chi connectivity index (χ3n) is 1.97. The Bertz CT molecular complexity index is 275. The van der Waals surface area contributed by atoms with Gasteiger partial charge >= 0.3 is 18.9 Å². The second-order valence-electron chi connectivity index (χ2n) is 2.81. The quantitative estimate of drug-likeness (QED) is 0.403. The molecule has 0 saturated carbocycles. The summed E-state index contributed by atoms with van der Waals surface area (Å²) in [6, 6.07) is 0. The molecule has 2 heterocycles. The van der Waals surface area contributed by atoms with E-state index in [2.05, 4.69) is 4.72 Å². The zero-order chi connectivity index (χ0) is 8.39. The van der Waals surface area contributed by atoms with Crippen LogP contribution in [0.4, 0.5) is 0 Å². The zero-order valence-corrected chi connectivity index (χ0v) is 9.29. The van der Waals surface area contributed by atoms with Crippen molar-refractivity contribution in [2.24, 2.45) is 0 Å². The van der Waals surface area contributed by atoms with Gasteiger partial charge in [0, 0.05) is 26.4 Å². The second kappa shape index (κ2) is 5.31. The van der Waals surface area contributed by atoms with E-state index in [-0.39, 0.29) is 18.9 Å². The second-order valence-corrected chi connectivity index (χ2v) is 5.23. The van der Waals surface area contributed by atoms with Crippen LogP contribution in [0.3, 0.4) is 0 Å². The Morgan fingerprint density at radius 1 is 1.46 bits per heavy atom. The first kappa shape index (κ1) is 11.5. The molecule has 0 N–H and O–H groups in total. The Morgan fingerprint density at radius 2 is 2.31 bits per heavy atom. The SMILES string of the molecule is O=S1CCCC/C1=C1\C=C[N-]S1.[Li+]. The van der Waals surface area contributed by atoms with Crippen molar-refractivity contribution >= 4 is 22.7 Å². The van der Waals surface area contributed by atoms with E-state index in [4.69, 9.17) is 0 Å². The van der Waals surface area contributed by atoms with Crippen LogP contribution in [0.15, 0.2) is 22.1 Å². The molecule has 0 aromatic heterocycles. The van der Waals surface area contributed by atoms with E-state index in [1.807, 2.05) is 6.08 Å². The summed E-state index contributed by atoms with van der Waals surface area (Å²) < 4.78 is 15.6. The van der Waals surface area contributed by atoms with Crippen molar-refractivity contribution in [3.8, 4) is 0 Å². The van der Waals surface area contributed by atoms with Crippen molar-refractivity contribution in [2.45, 2.75) is 19.3 Å². The normalized spacial score (nSPS) is 32.5. The summed E-state index contributed by atoms with van der Waals surface area (Å²) in [6.07, 6.45) is 7.02. The van der Waals surface area contributed by atoms with E-state index in [1.165, 1.54) is 18.4 Å². The number of nitrogens with zero attached hydrogens (tertiary/aromatic N) is 1. The summed E-state index contributed by atoms with van der Waals surface area (Å²) in [6.45, 7) is 0. The molecule has 0 amide bonds. The number of hydrogen-bond donors (Lipinski definition) is 0. The van der Waals surface area contributed by atoms with Gasteiger partial charge < -0.3 is 4.72 Å². The van der Waals surface area contributed by atoms with Gasteiger partial charge in [0.2, 0.25) is 0 Å². The first-order valence-corrected chi connectivity index (χ1v) is 6.12. The Hall–Kier alpha value is 0.377. The van der Waals surface area contributed by atoms with Crippen molar-refractivity contribution in [2.75, 3.05) is 5.75 Å². The molecule has 1 saturated heterocycles. The van der Waals surface area contributed by atoms with E-state index in [1.54, 1.807) is 6.20 Å². The molecule has 2 aliphatic heterocycles. The Balaban J connectivity index is 0.000000845. The van der Waals surface area contributed by atoms with Crippen LogP contribution in [0.2, 0.25) is 0 Å².